The van der Waals surface area contributed by atoms with E-state index in [1.807, 2.05) is 24.4 Å². The highest BCUT2D eigenvalue weighted by molar-refractivity contribution is 7.15. The number of rotatable bonds is 7. The zero-order chi connectivity index (χ0) is 21.2. The van der Waals surface area contributed by atoms with Gasteiger partial charge in [0.1, 0.15) is 10.8 Å². The van der Waals surface area contributed by atoms with Crippen LogP contribution in [0.4, 0.5) is 10.9 Å². The Morgan fingerprint density at radius 3 is 2.84 bits per heavy atom. The highest BCUT2D eigenvalue weighted by atomic mass is 32.1. The van der Waals surface area contributed by atoms with Gasteiger partial charge < -0.3 is 15.5 Å². The Morgan fingerprint density at radius 2 is 2.00 bits per heavy atom. The molecule has 9 nitrogen and oxygen atoms in total. The average molecular weight is 438 g/mol. The maximum Gasteiger partial charge on any atom is 0.211 e. The maximum absolute atomic E-state index is 9.60. The lowest BCUT2D eigenvalue weighted by Crippen LogP contribution is -2.19. The van der Waals surface area contributed by atoms with Crippen LogP contribution in [0.15, 0.2) is 36.8 Å². The van der Waals surface area contributed by atoms with Crippen LogP contribution in [0.5, 0.6) is 0 Å². The molecule has 1 unspecified atom stereocenters. The SMILES string of the molecule is OCC(O)Cn1cc(-c2cnc3ccc(Nc4nnc(C5CCCC5)s4)nc3c2)cn1. The Morgan fingerprint density at radius 1 is 1.13 bits per heavy atom. The van der Waals surface area contributed by atoms with Gasteiger partial charge in [-0.3, -0.25) is 9.67 Å². The topological polar surface area (TPSA) is 122 Å². The molecule has 4 heterocycles. The number of aromatic nitrogens is 6. The van der Waals surface area contributed by atoms with Gasteiger partial charge in [-0.25, -0.2) is 4.98 Å². The van der Waals surface area contributed by atoms with E-state index in [-0.39, 0.29) is 13.2 Å². The Balaban J connectivity index is 1.35. The van der Waals surface area contributed by atoms with Crippen molar-refractivity contribution < 1.29 is 10.2 Å². The fourth-order valence-electron chi connectivity index (χ4n) is 3.85. The molecule has 10 heteroatoms. The van der Waals surface area contributed by atoms with Crippen molar-refractivity contribution in [3.05, 3.63) is 41.8 Å². The summed E-state index contributed by atoms with van der Waals surface area (Å²) in [5.74, 6) is 1.24. The summed E-state index contributed by atoms with van der Waals surface area (Å²) in [6.45, 7) is -0.0717. The van der Waals surface area contributed by atoms with Crippen LogP contribution in [-0.4, -0.2) is 52.9 Å². The molecule has 4 aromatic rings. The summed E-state index contributed by atoms with van der Waals surface area (Å²) in [5, 5.41) is 36.6. The van der Waals surface area contributed by atoms with Gasteiger partial charge in [-0.2, -0.15) is 5.10 Å². The van der Waals surface area contributed by atoms with Crippen LogP contribution in [0.25, 0.3) is 22.2 Å². The molecule has 4 aromatic heterocycles. The third kappa shape index (κ3) is 4.41. The number of pyridine rings is 2. The summed E-state index contributed by atoms with van der Waals surface area (Å²) < 4.78 is 1.60. The summed E-state index contributed by atoms with van der Waals surface area (Å²) in [5.41, 5.74) is 3.29. The maximum atomic E-state index is 9.60. The van der Waals surface area contributed by atoms with Crippen LogP contribution in [-0.2, 0) is 6.54 Å². The standard InChI is InChI=1S/C21H23N7O2S/c29-12-16(30)11-28-10-15(9-23-28)14-7-18-17(22-8-14)5-6-19(24-18)25-21-27-26-20(31-21)13-3-1-2-4-13/h5-10,13,16,29-30H,1-4,11-12H2,(H,24,25,27). The lowest BCUT2D eigenvalue weighted by molar-refractivity contribution is 0.0783. The number of aliphatic hydroxyl groups is 2. The molecule has 3 N–H and O–H groups in total. The van der Waals surface area contributed by atoms with Gasteiger partial charge >= 0.3 is 0 Å². The molecule has 0 saturated heterocycles. The molecule has 1 aliphatic carbocycles. The van der Waals surface area contributed by atoms with E-state index in [2.05, 4.69) is 25.6 Å². The quantitative estimate of drug-likeness (QED) is 0.403. The van der Waals surface area contributed by atoms with E-state index in [1.54, 1.807) is 28.4 Å². The fourth-order valence-corrected chi connectivity index (χ4v) is 4.77. The summed E-state index contributed by atoms with van der Waals surface area (Å²) in [7, 11) is 0. The number of anilines is 2. The van der Waals surface area contributed by atoms with Crippen molar-refractivity contribution in [3.8, 4) is 11.1 Å². The summed E-state index contributed by atoms with van der Waals surface area (Å²) in [4.78, 5) is 9.20. The molecule has 0 spiro atoms. The number of aliphatic hydroxyl groups excluding tert-OH is 2. The molecule has 0 bridgehead atoms. The second-order valence-corrected chi connectivity index (χ2v) is 8.81. The Kier molecular flexibility index (Phi) is 5.58. The molecule has 1 atom stereocenters. The fraction of sp³-hybridized carbons (Fsp3) is 0.381. The first-order chi connectivity index (χ1) is 15.2. The van der Waals surface area contributed by atoms with E-state index >= 15 is 0 Å². The first-order valence-electron chi connectivity index (χ1n) is 10.4. The number of hydrogen-bond acceptors (Lipinski definition) is 9. The molecule has 1 fully saturated rings. The van der Waals surface area contributed by atoms with E-state index in [4.69, 9.17) is 10.1 Å². The second kappa shape index (κ2) is 8.66. The van der Waals surface area contributed by atoms with Gasteiger partial charge in [-0.1, -0.05) is 24.2 Å². The molecule has 31 heavy (non-hydrogen) atoms. The number of fused-ring (bicyclic) bond motifs is 1. The number of hydrogen-bond donors (Lipinski definition) is 3. The van der Waals surface area contributed by atoms with Crippen molar-refractivity contribution in [2.24, 2.45) is 0 Å². The highest BCUT2D eigenvalue weighted by Crippen LogP contribution is 2.37. The van der Waals surface area contributed by atoms with Gasteiger partial charge in [-0.05, 0) is 31.0 Å². The van der Waals surface area contributed by atoms with Crippen molar-refractivity contribution >= 4 is 33.3 Å². The van der Waals surface area contributed by atoms with E-state index in [9.17, 15) is 5.11 Å². The zero-order valence-corrected chi connectivity index (χ0v) is 17.7. The smallest absolute Gasteiger partial charge is 0.211 e. The van der Waals surface area contributed by atoms with Crippen LogP contribution >= 0.6 is 11.3 Å². The molecule has 0 aromatic carbocycles. The predicted molar refractivity (Wildman–Crippen MR) is 118 cm³/mol. The zero-order valence-electron chi connectivity index (χ0n) is 16.8. The summed E-state index contributed by atoms with van der Waals surface area (Å²) in [6, 6.07) is 5.77. The van der Waals surface area contributed by atoms with Gasteiger partial charge in [0.2, 0.25) is 5.13 Å². The molecular formula is C21H23N7O2S. The minimum absolute atomic E-state index is 0.231. The van der Waals surface area contributed by atoms with Crippen molar-refractivity contribution in [1.29, 1.82) is 0 Å². The van der Waals surface area contributed by atoms with Crippen molar-refractivity contribution in [1.82, 2.24) is 29.9 Å². The third-order valence-electron chi connectivity index (χ3n) is 5.49. The van der Waals surface area contributed by atoms with E-state index < -0.39 is 6.10 Å². The molecule has 0 radical (unpaired) electrons. The van der Waals surface area contributed by atoms with Gasteiger partial charge in [-0.15, -0.1) is 10.2 Å². The minimum atomic E-state index is -0.840. The summed E-state index contributed by atoms with van der Waals surface area (Å²) in [6.07, 6.45) is 9.41. The molecule has 1 aliphatic rings. The van der Waals surface area contributed by atoms with Gasteiger partial charge in [0.25, 0.3) is 0 Å². The monoisotopic (exact) mass is 437 g/mol. The normalized spacial score (nSPS) is 15.5. The number of nitrogens with zero attached hydrogens (tertiary/aromatic N) is 6. The lowest BCUT2D eigenvalue weighted by atomic mass is 10.1. The van der Waals surface area contributed by atoms with Gasteiger partial charge in [0.15, 0.2) is 0 Å². The molecule has 0 aliphatic heterocycles. The average Bonchev–Trinajstić information content (AvgIpc) is 3.55. The van der Waals surface area contributed by atoms with Crippen LogP contribution < -0.4 is 5.32 Å². The molecule has 0 amide bonds. The predicted octanol–water partition coefficient (Wildman–Crippen LogP) is 3.10. The van der Waals surface area contributed by atoms with Crippen LogP contribution in [0.3, 0.4) is 0 Å². The molecule has 160 valence electrons. The Hall–Kier alpha value is -2.95. The first-order valence-corrected chi connectivity index (χ1v) is 11.2. The number of nitrogens with one attached hydrogen (secondary N) is 1. The second-order valence-electron chi connectivity index (χ2n) is 7.80. The summed E-state index contributed by atoms with van der Waals surface area (Å²) >= 11 is 1.60. The van der Waals surface area contributed by atoms with E-state index in [1.165, 1.54) is 25.7 Å². The largest absolute Gasteiger partial charge is 0.394 e. The Labute approximate surface area is 182 Å². The minimum Gasteiger partial charge on any atom is -0.394 e. The van der Waals surface area contributed by atoms with Crippen LogP contribution in [0.2, 0.25) is 0 Å². The van der Waals surface area contributed by atoms with Crippen molar-refractivity contribution in [2.75, 3.05) is 11.9 Å². The lowest BCUT2D eigenvalue weighted by Gasteiger charge is -2.06. The first kappa shape index (κ1) is 20.0. The molecule has 5 rings (SSSR count). The third-order valence-corrected chi connectivity index (χ3v) is 6.49. The van der Waals surface area contributed by atoms with Crippen molar-refractivity contribution in [3.63, 3.8) is 0 Å². The van der Waals surface area contributed by atoms with Gasteiger partial charge in [0.05, 0.1) is 36.5 Å². The van der Waals surface area contributed by atoms with E-state index in [0.29, 0.717) is 11.7 Å². The van der Waals surface area contributed by atoms with Crippen molar-refractivity contribution in [2.45, 2.75) is 44.2 Å². The van der Waals surface area contributed by atoms with Crippen LogP contribution in [0.1, 0.15) is 36.6 Å². The molecular weight excluding hydrogens is 414 g/mol. The Bertz CT molecular complexity index is 1190. The molecule has 1 saturated carbocycles. The highest BCUT2D eigenvalue weighted by Gasteiger charge is 2.21. The van der Waals surface area contributed by atoms with E-state index in [0.717, 1.165) is 32.3 Å². The van der Waals surface area contributed by atoms with Crippen LogP contribution in [0, 0.1) is 0 Å². The van der Waals surface area contributed by atoms with Gasteiger partial charge in [0, 0.05) is 29.4 Å².